The number of nitrogens with zero attached hydrogens (tertiary/aromatic N) is 1. The summed E-state index contributed by atoms with van der Waals surface area (Å²) in [6.07, 6.45) is 7.08. The number of rotatable bonds is 1. The summed E-state index contributed by atoms with van der Waals surface area (Å²) in [4.78, 5) is 11.7. The number of likely N-dealkylation sites (tertiary alicyclic amines) is 1. The lowest BCUT2D eigenvalue weighted by atomic mass is 10.0. The molecule has 0 aliphatic carbocycles. The van der Waals surface area contributed by atoms with Gasteiger partial charge in [0.2, 0.25) is 0 Å². The Bertz CT molecular complexity index is 177. The molecule has 0 radical (unpaired) electrons. The number of hydrogen-bond donors (Lipinski definition) is 2. The topological polar surface area (TPSA) is 52.6 Å². The van der Waals surface area contributed by atoms with Gasteiger partial charge in [-0.1, -0.05) is 6.42 Å². The van der Waals surface area contributed by atoms with Crippen molar-refractivity contribution in [3.05, 3.63) is 0 Å². The molecule has 0 bridgehead atoms. The molecule has 2 saturated heterocycles. The number of nitrogens with one attached hydrogen (secondary N) is 1. The van der Waals surface area contributed by atoms with E-state index in [9.17, 15) is 0 Å². The first-order chi connectivity index (χ1) is 7.70. The number of carboxylic acid groups (broad SMARTS) is 1. The molecule has 2 N–H and O–H groups in total. The molecule has 2 aliphatic heterocycles. The second kappa shape index (κ2) is 7.63. The monoisotopic (exact) mass is 228 g/mol. The number of hydrogen-bond acceptors (Lipinski definition) is 3. The molecule has 2 heterocycles. The molecule has 0 unspecified atom stereocenters. The van der Waals surface area contributed by atoms with Gasteiger partial charge in [0.1, 0.15) is 0 Å². The van der Waals surface area contributed by atoms with Crippen LogP contribution in [-0.2, 0) is 4.79 Å². The molecule has 4 nitrogen and oxygen atoms in total. The minimum Gasteiger partial charge on any atom is -0.481 e. The van der Waals surface area contributed by atoms with E-state index < -0.39 is 5.97 Å². The van der Waals surface area contributed by atoms with Crippen LogP contribution in [0.15, 0.2) is 0 Å². The standard InChI is InChI=1S/C10H20N2.C2H4O2/c1-2-8-12(9-3-1)10-4-6-11-7-5-10;1-2(3)4/h10-11H,1-9H2;1H3,(H,3,4). The quantitative estimate of drug-likeness (QED) is 0.710. The highest BCUT2D eigenvalue weighted by Gasteiger charge is 2.21. The zero-order chi connectivity index (χ0) is 11.8. The van der Waals surface area contributed by atoms with Gasteiger partial charge in [0.05, 0.1) is 0 Å². The normalized spacial score (nSPS) is 23.3. The van der Waals surface area contributed by atoms with E-state index in [1.165, 1.54) is 58.3 Å². The SMILES string of the molecule is C1CCN(C2CCNCC2)CC1.CC(=O)O. The average molecular weight is 228 g/mol. The molecule has 0 aromatic heterocycles. The lowest BCUT2D eigenvalue weighted by Crippen LogP contribution is -2.45. The van der Waals surface area contributed by atoms with Crippen LogP contribution in [0.5, 0.6) is 0 Å². The number of carbonyl (C=O) groups is 1. The molecule has 94 valence electrons. The zero-order valence-electron chi connectivity index (χ0n) is 10.2. The summed E-state index contributed by atoms with van der Waals surface area (Å²) in [6, 6.07) is 0.909. The molecule has 16 heavy (non-hydrogen) atoms. The van der Waals surface area contributed by atoms with Crippen molar-refractivity contribution in [3.63, 3.8) is 0 Å². The largest absolute Gasteiger partial charge is 0.481 e. The Morgan fingerprint density at radius 2 is 1.69 bits per heavy atom. The van der Waals surface area contributed by atoms with Gasteiger partial charge in [-0.2, -0.15) is 0 Å². The Labute approximate surface area is 98.0 Å². The van der Waals surface area contributed by atoms with Crippen LogP contribution >= 0.6 is 0 Å². The number of carboxylic acids is 1. The fourth-order valence-corrected chi connectivity index (χ4v) is 2.46. The Morgan fingerprint density at radius 3 is 2.19 bits per heavy atom. The van der Waals surface area contributed by atoms with E-state index in [1.807, 2.05) is 0 Å². The van der Waals surface area contributed by atoms with E-state index in [2.05, 4.69) is 10.2 Å². The Hall–Kier alpha value is -0.610. The van der Waals surface area contributed by atoms with Crippen molar-refractivity contribution in [2.75, 3.05) is 26.2 Å². The summed E-state index contributed by atoms with van der Waals surface area (Å²) in [5, 5.41) is 10.8. The predicted molar refractivity (Wildman–Crippen MR) is 64.6 cm³/mol. The third-order valence-corrected chi connectivity index (χ3v) is 3.22. The van der Waals surface area contributed by atoms with Crippen molar-refractivity contribution in [1.29, 1.82) is 0 Å². The van der Waals surface area contributed by atoms with E-state index in [4.69, 9.17) is 9.90 Å². The lowest BCUT2D eigenvalue weighted by molar-refractivity contribution is -0.134. The smallest absolute Gasteiger partial charge is 0.300 e. The van der Waals surface area contributed by atoms with Crippen LogP contribution in [0.4, 0.5) is 0 Å². The van der Waals surface area contributed by atoms with Crippen molar-refractivity contribution >= 4 is 5.97 Å². The molecule has 2 rings (SSSR count). The first-order valence-electron chi connectivity index (χ1n) is 6.34. The molecule has 0 aromatic carbocycles. The van der Waals surface area contributed by atoms with Crippen molar-refractivity contribution < 1.29 is 9.90 Å². The van der Waals surface area contributed by atoms with Gasteiger partial charge in [0.15, 0.2) is 0 Å². The maximum atomic E-state index is 9.00. The number of aliphatic carboxylic acids is 1. The van der Waals surface area contributed by atoms with Crippen LogP contribution in [0.1, 0.15) is 39.0 Å². The maximum absolute atomic E-state index is 9.00. The van der Waals surface area contributed by atoms with Gasteiger partial charge in [0, 0.05) is 13.0 Å². The zero-order valence-corrected chi connectivity index (χ0v) is 10.2. The molecule has 0 aromatic rings. The maximum Gasteiger partial charge on any atom is 0.300 e. The van der Waals surface area contributed by atoms with E-state index in [0.29, 0.717) is 0 Å². The molecule has 2 fully saturated rings. The Balaban J connectivity index is 0.000000280. The molecule has 0 atom stereocenters. The molecule has 0 saturated carbocycles. The molecular formula is C12H24N2O2. The van der Waals surface area contributed by atoms with Crippen LogP contribution in [0.3, 0.4) is 0 Å². The van der Waals surface area contributed by atoms with Crippen LogP contribution < -0.4 is 5.32 Å². The summed E-state index contributed by atoms with van der Waals surface area (Å²) >= 11 is 0. The second-order valence-electron chi connectivity index (χ2n) is 4.60. The fraction of sp³-hybridized carbons (Fsp3) is 0.917. The lowest BCUT2D eigenvalue weighted by Gasteiger charge is -2.36. The predicted octanol–water partition coefficient (Wildman–Crippen LogP) is 1.32. The third kappa shape index (κ3) is 5.47. The Kier molecular flexibility index (Phi) is 6.42. The number of piperidine rings is 2. The summed E-state index contributed by atoms with van der Waals surface area (Å²) in [6.45, 7) is 6.29. The molecular weight excluding hydrogens is 204 g/mol. The average Bonchev–Trinajstić information content (AvgIpc) is 2.31. The molecule has 4 heteroatoms. The first kappa shape index (κ1) is 13.5. The Morgan fingerprint density at radius 1 is 1.19 bits per heavy atom. The minimum atomic E-state index is -0.833. The van der Waals surface area contributed by atoms with Gasteiger partial charge in [-0.15, -0.1) is 0 Å². The summed E-state index contributed by atoms with van der Waals surface area (Å²) < 4.78 is 0. The van der Waals surface area contributed by atoms with E-state index >= 15 is 0 Å². The first-order valence-corrected chi connectivity index (χ1v) is 6.34. The van der Waals surface area contributed by atoms with Gasteiger partial charge >= 0.3 is 0 Å². The van der Waals surface area contributed by atoms with E-state index in [-0.39, 0.29) is 0 Å². The minimum absolute atomic E-state index is 0.833. The van der Waals surface area contributed by atoms with Crippen molar-refractivity contribution in [2.45, 2.75) is 45.1 Å². The molecule has 0 spiro atoms. The van der Waals surface area contributed by atoms with Crippen LogP contribution in [0.2, 0.25) is 0 Å². The van der Waals surface area contributed by atoms with Crippen molar-refractivity contribution in [3.8, 4) is 0 Å². The highest BCUT2D eigenvalue weighted by Crippen LogP contribution is 2.17. The second-order valence-corrected chi connectivity index (χ2v) is 4.60. The van der Waals surface area contributed by atoms with Gasteiger partial charge in [0.25, 0.3) is 5.97 Å². The highest BCUT2D eigenvalue weighted by molar-refractivity contribution is 5.62. The van der Waals surface area contributed by atoms with E-state index in [0.717, 1.165) is 13.0 Å². The van der Waals surface area contributed by atoms with Crippen LogP contribution in [-0.4, -0.2) is 48.2 Å². The van der Waals surface area contributed by atoms with Crippen molar-refractivity contribution in [2.24, 2.45) is 0 Å². The summed E-state index contributed by atoms with van der Waals surface area (Å²) in [5.41, 5.74) is 0. The van der Waals surface area contributed by atoms with Gasteiger partial charge in [-0.25, -0.2) is 0 Å². The highest BCUT2D eigenvalue weighted by atomic mass is 16.4. The fourth-order valence-electron chi connectivity index (χ4n) is 2.46. The summed E-state index contributed by atoms with van der Waals surface area (Å²) in [5.74, 6) is -0.833. The van der Waals surface area contributed by atoms with Gasteiger partial charge < -0.3 is 15.3 Å². The van der Waals surface area contributed by atoms with Gasteiger partial charge in [-0.05, 0) is 51.9 Å². The summed E-state index contributed by atoms with van der Waals surface area (Å²) in [7, 11) is 0. The third-order valence-electron chi connectivity index (χ3n) is 3.22. The molecule has 2 aliphatic rings. The van der Waals surface area contributed by atoms with Crippen molar-refractivity contribution in [1.82, 2.24) is 10.2 Å². The molecule has 0 amide bonds. The van der Waals surface area contributed by atoms with Crippen LogP contribution in [0.25, 0.3) is 0 Å². The van der Waals surface area contributed by atoms with Gasteiger partial charge in [-0.3, -0.25) is 4.79 Å². The van der Waals surface area contributed by atoms with E-state index in [1.54, 1.807) is 0 Å². The van der Waals surface area contributed by atoms with Crippen LogP contribution in [0, 0.1) is 0 Å².